The number of nitrogens with zero attached hydrogens (tertiary/aromatic N) is 2. The molecule has 9 nitrogen and oxygen atoms in total. The van der Waals surface area contributed by atoms with E-state index >= 15 is 0 Å². The highest BCUT2D eigenvalue weighted by Crippen LogP contribution is 2.23. The third-order valence-corrected chi connectivity index (χ3v) is 5.43. The Morgan fingerprint density at radius 1 is 1.11 bits per heavy atom. The van der Waals surface area contributed by atoms with Gasteiger partial charge in [-0.2, -0.15) is 5.10 Å². The number of furan rings is 1. The van der Waals surface area contributed by atoms with Crippen molar-refractivity contribution in [3.63, 3.8) is 0 Å². The number of methoxy groups -OCH3 is 1. The number of hydrogen-bond donors (Lipinski definition) is 2. The molecule has 0 fully saturated rings. The van der Waals surface area contributed by atoms with Crippen LogP contribution in [0.15, 0.2) is 83.6 Å². The second-order valence-corrected chi connectivity index (χ2v) is 8.00. The van der Waals surface area contributed by atoms with Crippen molar-refractivity contribution in [2.45, 2.75) is 26.6 Å². The van der Waals surface area contributed by atoms with Crippen LogP contribution in [0.1, 0.15) is 34.3 Å². The first-order chi connectivity index (χ1) is 18.1. The maximum Gasteiger partial charge on any atom is 0.274 e. The Balaban J connectivity index is 1.42. The fraction of sp³-hybridized carbons (Fsp3) is 0.179. The number of aryl methyl sites for hydroxylation is 1. The summed E-state index contributed by atoms with van der Waals surface area (Å²) < 4.78 is 18.1. The normalized spacial score (nSPS) is 10.9. The number of nitrogens with one attached hydrogen (secondary N) is 2. The van der Waals surface area contributed by atoms with Crippen molar-refractivity contribution in [3.05, 3.63) is 102 Å². The molecule has 2 heterocycles. The van der Waals surface area contributed by atoms with Gasteiger partial charge in [-0.05, 0) is 55.0 Å². The second-order valence-electron chi connectivity index (χ2n) is 8.00. The highest BCUT2D eigenvalue weighted by Gasteiger charge is 2.18. The largest absolute Gasteiger partial charge is 0.496 e. The highest BCUT2D eigenvalue weighted by atomic mass is 16.5. The van der Waals surface area contributed by atoms with Crippen LogP contribution in [0.2, 0.25) is 0 Å². The van der Waals surface area contributed by atoms with Gasteiger partial charge in [-0.1, -0.05) is 24.3 Å². The minimum atomic E-state index is -0.416. The van der Waals surface area contributed by atoms with Gasteiger partial charge in [0.1, 0.15) is 23.9 Å². The van der Waals surface area contributed by atoms with Gasteiger partial charge < -0.3 is 24.5 Å². The number of para-hydroxylation sites is 1. The summed E-state index contributed by atoms with van der Waals surface area (Å²) in [5, 5.41) is 9.78. The number of benzene rings is 2. The van der Waals surface area contributed by atoms with Crippen LogP contribution >= 0.6 is 0 Å². The predicted octanol–water partition coefficient (Wildman–Crippen LogP) is 4.67. The molecule has 0 atom stereocenters. The third kappa shape index (κ3) is 6.88. The van der Waals surface area contributed by atoms with Gasteiger partial charge in [0.15, 0.2) is 5.69 Å². The van der Waals surface area contributed by atoms with Crippen LogP contribution in [0.3, 0.4) is 0 Å². The average Bonchev–Trinajstić information content (AvgIpc) is 3.60. The van der Waals surface area contributed by atoms with E-state index in [1.807, 2.05) is 55.5 Å². The van der Waals surface area contributed by atoms with Crippen molar-refractivity contribution in [3.8, 4) is 11.5 Å². The van der Waals surface area contributed by atoms with Crippen LogP contribution < -0.4 is 20.1 Å². The monoisotopic (exact) mass is 500 g/mol. The fourth-order valence-electron chi connectivity index (χ4n) is 3.55. The molecule has 0 bridgehead atoms. The van der Waals surface area contributed by atoms with Gasteiger partial charge in [0.05, 0.1) is 25.6 Å². The van der Waals surface area contributed by atoms with E-state index in [2.05, 4.69) is 15.7 Å². The zero-order chi connectivity index (χ0) is 26.0. The third-order valence-electron chi connectivity index (χ3n) is 5.43. The number of amides is 2. The lowest BCUT2D eigenvalue weighted by Gasteiger charge is -2.11. The van der Waals surface area contributed by atoms with E-state index in [4.69, 9.17) is 13.9 Å². The molecule has 4 rings (SSSR count). The molecule has 9 heteroatoms. The smallest absolute Gasteiger partial charge is 0.274 e. The van der Waals surface area contributed by atoms with Crippen molar-refractivity contribution < 1.29 is 23.5 Å². The molecule has 0 aliphatic rings. The molecule has 2 aromatic carbocycles. The van der Waals surface area contributed by atoms with Crippen molar-refractivity contribution >= 4 is 23.6 Å². The summed E-state index contributed by atoms with van der Waals surface area (Å²) in [4.78, 5) is 25.4. The van der Waals surface area contributed by atoms with Crippen molar-refractivity contribution in [1.82, 2.24) is 15.1 Å². The maximum atomic E-state index is 12.7. The molecule has 190 valence electrons. The summed E-state index contributed by atoms with van der Waals surface area (Å²) in [5.41, 5.74) is 2.08. The molecule has 0 saturated carbocycles. The summed E-state index contributed by atoms with van der Waals surface area (Å²) in [6, 6.07) is 18.6. The molecule has 0 saturated heterocycles. The molecule has 2 N–H and O–H groups in total. The molecule has 2 aromatic heterocycles. The van der Waals surface area contributed by atoms with Crippen molar-refractivity contribution in [2.75, 3.05) is 12.4 Å². The number of ether oxygens (including phenoxy) is 2. The Kier molecular flexibility index (Phi) is 8.38. The van der Waals surface area contributed by atoms with E-state index in [0.717, 1.165) is 16.9 Å². The van der Waals surface area contributed by atoms with Gasteiger partial charge in [-0.3, -0.25) is 14.3 Å². The molecule has 0 unspecified atom stereocenters. The van der Waals surface area contributed by atoms with Crippen molar-refractivity contribution in [2.24, 2.45) is 0 Å². The van der Waals surface area contributed by atoms with Gasteiger partial charge in [0.25, 0.3) is 5.91 Å². The molecular formula is C28H28N4O5. The van der Waals surface area contributed by atoms with Crippen LogP contribution in [-0.4, -0.2) is 28.7 Å². The van der Waals surface area contributed by atoms with Crippen LogP contribution in [-0.2, 0) is 24.5 Å². The van der Waals surface area contributed by atoms with E-state index in [1.54, 1.807) is 36.2 Å². The Bertz CT molecular complexity index is 1360. The average molecular weight is 501 g/mol. The van der Waals surface area contributed by atoms with E-state index < -0.39 is 11.8 Å². The highest BCUT2D eigenvalue weighted by molar-refractivity contribution is 6.06. The quantitative estimate of drug-likeness (QED) is 0.290. The van der Waals surface area contributed by atoms with Crippen LogP contribution in [0.5, 0.6) is 11.5 Å². The first-order valence-electron chi connectivity index (χ1n) is 11.8. The maximum absolute atomic E-state index is 12.7. The van der Waals surface area contributed by atoms with Gasteiger partial charge >= 0.3 is 0 Å². The Morgan fingerprint density at radius 2 is 1.95 bits per heavy atom. The van der Waals surface area contributed by atoms with Crippen LogP contribution in [0.4, 0.5) is 5.69 Å². The molecule has 0 aliphatic carbocycles. The molecule has 2 amide bonds. The number of aromatic nitrogens is 2. The summed E-state index contributed by atoms with van der Waals surface area (Å²) in [6.07, 6.45) is 6.24. The lowest BCUT2D eigenvalue weighted by atomic mass is 10.1. The molecule has 37 heavy (non-hydrogen) atoms. The SMILES string of the molecule is CCn1cc(NC(=O)/C=C/c2ccc(OC)c(COc3ccccc3)c2)c(C(=O)NCc2ccco2)n1. The van der Waals surface area contributed by atoms with Gasteiger partial charge in [0, 0.05) is 24.4 Å². The predicted molar refractivity (Wildman–Crippen MR) is 139 cm³/mol. The Labute approximate surface area is 214 Å². The molecule has 0 spiro atoms. The summed E-state index contributed by atoms with van der Waals surface area (Å²) in [6.45, 7) is 2.97. The Morgan fingerprint density at radius 3 is 2.68 bits per heavy atom. The lowest BCUT2D eigenvalue weighted by molar-refractivity contribution is -0.111. The number of anilines is 1. The summed E-state index contributed by atoms with van der Waals surface area (Å²) >= 11 is 0. The Hall–Kier alpha value is -4.79. The fourth-order valence-corrected chi connectivity index (χ4v) is 3.55. The van der Waals surface area contributed by atoms with Crippen LogP contribution in [0, 0.1) is 0 Å². The number of rotatable bonds is 11. The first kappa shape index (κ1) is 25.3. The van der Waals surface area contributed by atoms with Crippen LogP contribution in [0.25, 0.3) is 6.08 Å². The molecular weight excluding hydrogens is 472 g/mol. The summed E-state index contributed by atoms with van der Waals surface area (Å²) in [5.74, 6) is 1.25. The van der Waals surface area contributed by atoms with E-state index in [1.165, 1.54) is 12.3 Å². The van der Waals surface area contributed by atoms with E-state index in [-0.39, 0.29) is 12.2 Å². The second kappa shape index (κ2) is 12.3. The minimum Gasteiger partial charge on any atom is -0.496 e. The number of carbonyl (C=O) groups is 2. The van der Waals surface area contributed by atoms with E-state index in [9.17, 15) is 9.59 Å². The van der Waals surface area contributed by atoms with Gasteiger partial charge in [-0.15, -0.1) is 0 Å². The van der Waals surface area contributed by atoms with Gasteiger partial charge in [0.2, 0.25) is 5.91 Å². The number of carbonyl (C=O) groups excluding carboxylic acids is 2. The molecule has 0 radical (unpaired) electrons. The van der Waals surface area contributed by atoms with Gasteiger partial charge in [-0.25, -0.2) is 0 Å². The summed E-state index contributed by atoms with van der Waals surface area (Å²) in [7, 11) is 1.60. The molecule has 4 aromatic rings. The topological polar surface area (TPSA) is 108 Å². The first-order valence-corrected chi connectivity index (χ1v) is 11.8. The standard InChI is InChI=1S/C28H28N4O5/c1-3-32-18-24(27(31-32)28(34)29-17-23-10-7-15-36-23)30-26(33)14-12-20-11-13-25(35-2)21(16-20)19-37-22-8-5-4-6-9-22/h4-16,18H,3,17,19H2,1-2H3,(H,29,34)(H,30,33)/b14-12+. The molecule has 0 aliphatic heterocycles. The van der Waals surface area contributed by atoms with Crippen molar-refractivity contribution in [1.29, 1.82) is 0 Å². The lowest BCUT2D eigenvalue weighted by Crippen LogP contribution is -2.24. The minimum absolute atomic E-state index is 0.125. The zero-order valence-electron chi connectivity index (χ0n) is 20.6. The number of hydrogen-bond acceptors (Lipinski definition) is 6. The van der Waals surface area contributed by atoms with E-state index in [0.29, 0.717) is 30.3 Å². The zero-order valence-corrected chi connectivity index (χ0v) is 20.6.